The molecule has 4 nitrogen and oxygen atoms in total. The molecule has 2 rings (SSSR count). The fourth-order valence-electron chi connectivity index (χ4n) is 1.92. The summed E-state index contributed by atoms with van der Waals surface area (Å²) in [7, 11) is 0. The molecule has 0 fully saturated rings. The highest BCUT2D eigenvalue weighted by atomic mass is 79.9. The first-order valence-corrected chi connectivity index (χ1v) is 5.89. The third-order valence-electron chi connectivity index (χ3n) is 2.98. The Morgan fingerprint density at radius 3 is 2.76 bits per heavy atom. The molecule has 0 saturated carbocycles. The van der Waals surface area contributed by atoms with Crippen LogP contribution >= 0.6 is 15.9 Å². The van der Waals surface area contributed by atoms with E-state index in [-0.39, 0.29) is 6.42 Å². The molecule has 1 aromatic rings. The first-order valence-electron chi connectivity index (χ1n) is 5.10. The molecule has 1 aliphatic rings. The van der Waals surface area contributed by atoms with Crippen molar-refractivity contribution in [3.8, 4) is 0 Å². The number of halogens is 1. The number of aryl methyl sites for hydroxylation is 1. The summed E-state index contributed by atoms with van der Waals surface area (Å²) in [4.78, 5) is 23.0. The third kappa shape index (κ3) is 1.84. The van der Waals surface area contributed by atoms with Crippen LogP contribution in [0.4, 0.5) is 0 Å². The number of benzene rings is 1. The summed E-state index contributed by atoms with van der Waals surface area (Å²) in [5.74, 6) is -1.72. The van der Waals surface area contributed by atoms with Gasteiger partial charge in [0.1, 0.15) is 0 Å². The molecule has 0 radical (unpaired) electrons. The van der Waals surface area contributed by atoms with Gasteiger partial charge in [-0.15, -0.1) is 0 Å². The van der Waals surface area contributed by atoms with Gasteiger partial charge in [-0.1, -0.05) is 6.07 Å². The van der Waals surface area contributed by atoms with Gasteiger partial charge >= 0.3 is 11.9 Å². The van der Waals surface area contributed by atoms with Crippen molar-refractivity contribution in [2.45, 2.75) is 25.9 Å². The number of aliphatic carboxylic acids is 1. The van der Waals surface area contributed by atoms with Crippen LogP contribution in [0.1, 0.15) is 28.4 Å². The highest BCUT2D eigenvalue weighted by Gasteiger charge is 2.44. The van der Waals surface area contributed by atoms with Crippen LogP contribution in [-0.2, 0) is 16.0 Å². The molecule has 5 heteroatoms. The molecule has 17 heavy (non-hydrogen) atoms. The fraction of sp³-hybridized carbons (Fsp3) is 0.333. The van der Waals surface area contributed by atoms with E-state index < -0.39 is 17.5 Å². The van der Waals surface area contributed by atoms with Crippen LogP contribution in [0.15, 0.2) is 16.6 Å². The van der Waals surface area contributed by atoms with Crippen LogP contribution in [0.5, 0.6) is 0 Å². The van der Waals surface area contributed by atoms with Gasteiger partial charge in [-0.3, -0.25) is 0 Å². The van der Waals surface area contributed by atoms with Crippen molar-refractivity contribution in [3.63, 3.8) is 0 Å². The van der Waals surface area contributed by atoms with E-state index in [9.17, 15) is 9.59 Å². The second-order valence-corrected chi connectivity index (χ2v) is 5.17. The van der Waals surface area contributed by atoms with Gasteiger partial charge in [-0.05, 0) is 47.0 Å². The second kappa shape index (κ2) is 3.84. The second-order valence-electron chi connectivity index (χ2n) is 4.32. The van der Waals surface area contributed by atoms with Crippen molar-refractivity contribution < 1.29 is 19.4 Å². The summed E-state index contributed by atoms with van der Waals surface area (Å²) < 4.78 is 5.66. The Hall–Kier alpha value is -1.36. The molecule has 1 aliphatic heterocycles. The quantitative estimate of drug-likeness (QED) is 0.808. The van der Waals surface area contributed by atoms with Gasteiger partial charge in [0.05, 0.1) is 5.56 Å². The van der Waals surface area contributed by atoms with E-state index in [2.05, 4.69) is 15.9 Å². The molecular weight excluding hydrogens is 288 g/mol. The van der Waals surface area contributed by atoms with E-state index in [0.717, 1.165) is 11.1 Å². The van der Waals surface area contributed by atoms with Gasteiger partial charge in [-0.25, -0.2) is 9.59 Å². The molecule has 0 amide bonds. The van der Waals surface area contributed by atoms with Crippen LogP contribution in [0.3, 0.4) is 0 Å². The standard InChI is InChI=1S/C12H11BrO4/c1-6-3-4-8(13)9-7(6)5-12(2,11(15)16)17-10(9)14/h3-4H,5H2,1-2H3,(H,15,16). The third-order valence-corrected chi connectivity index (χ3v) is 3.65. The molecule has 1 aromatic carbocycles. The number of carboxylic acids is 1. The van der Waals surface area contributed by atoms with E-state index in [1.807, 2.05) is 13.0 Å². The predicted octanol–water partition coefficient (Wildman–Crippen LogP) is 2.31. The van der Waals surface area contributed by atoms with Crippen LogP contribution in [0.2, 0.25) is 0 Å². The SMILES string of the molecule is Cc1ccc(Br)c2c1CC(C)(C(=O)O)OC2=O. The summed E-state index contributed by atoms with van der Waals surface area (Å²) in [5.41, 5.74) is 0.590. The van der Waals surface area contributed by atoms with Crippen molar-refractivity contribution >= 4 is 27.9 Å². The minimum absolute atomic E-state index is 0.189. The topological polar surface area (TPSA) is 63.6 Å². The zero-order valence-electron chi connectivity index (χ0n) is 9.41. The highest BCUT2D eigenvalue weighted by molar-refractivity contribution is 9.10. The number of ether oxygens (including phenoxy) is 1. The maximum absolute atomic E-state index is 11.9. The largest absolute Gasteiger partial charge is 0.478 e. The summed E-state index contributed by atoms with van der Waals surface area (Å²) in [6.07, 6.45) is 0.189. The van der Waals surface area contributed by atoms with E-state index in [4.69, 9.17) is 9.84 Å². The Balaban J connectivity index is 2.61. The lowest BCUT2D eigenvalue weighted by molar-refractivity contribution is -0.158. The van der Waals surface area contributed by atoms with Gasteiger partial charge in [0.15, 0.2) is 0 Å². The molecule has 0 aromatic heterocycles. The van der Waals surface area contributed by atoms with Crippen LogP contribution in [0.25, 0.3) is 0 Å². The monoisotopic (exact) mass is 298 g/mol. The lowest BCUT2D eigenvalue weighted by atomic mass is 9.87. The molecule has 90 valence electrons. The molecule has 1 atom stereocenters. The highest BCUT2D eigenvalue weighted by Crippen LogP contribution is 2.34. The molecule has 1 unspecified atom stereocenters. The summed E-state index contributed by atoms with van der Waals surface area (Å²) in [6, 6.07) is 3.61. The Bertz CT molecular complexity index is 523. The maximum Gasteiger partial charge on any atom is 0.348 e. The Labute approximate surface area is 107 Å². The van der Waals surface area contributed by atoms with Crippen molar-refractivity contribution in [2.75, 3.05) is 0 Å². The van der Waals surface area contributed by atoms with Gasteiger partial charge < -0.3 is 9.84 Å². The molecule has 0 aliphatic carbocycles. The van der Waals surface area contributed by atoms with Gasteiger partial charge in [0, 0.05) is 10.9 Å². The number of hydrogen-bond donors (Lipinski definition) is 1. The molecule has 0 bridgehead atoms. The molecule has 0 saturated heterocycles. The summed E-state index contributed by atoms with van der Waals surface area (Å²) in [6.45, 7) is 3.27. The van der Waals surface area contributed by atoms with Crippen molar-refractivity contribution in [3.05, 3.63) is 33.3 Å². The van der Waals surface area contributed by atoms with Crippen molar-refractivity contribution in [1.29, 1.82) is 0 Å². The van der Waals surface area contributed by atoms with Crippen LogP contribution in [-0.4, -0.2) is 22.6 Å². The first-order chi connectivity index (χ1) is 7.85. The zero-order valence-corrected chi connectivity index (χ0v) is 11.0. The van der Waals surface area contributed by atoms with E-state index >= 15 is 0 Å². The van der Waals surface area contributed by atoms with Crippen LogP contribution < -0.4 is 0 Å². The lowest BCUT2D eigenvalue weighted by Gasteiger charge is -2.31. The number of cyclic esters (lactones) is 1. The molecular formula is C12H11BrO4. The number of fused-ring (bicyclic) bond motifs is 1. The normalized spacial score (nSPS) is 22.9. The number of carbonyl (C=O) groups is 2. The first kappa shape index (κ1) is 12.1. The van der Waals surface area contributed by atoms with Crippen molar-refractivity contribution in [1.82, 2.24) is 0 Å². The van der Waals surface area contributed by atoms with E-state index in [0.29, 0.717) is 10.0 Å². The smallest absolute Gasteiger partial charge is 0.348 e. The molecule has 1 heterocycles. The minimum atomic E-state index is -1.48. The van der Waals surface area contributed by atoms with Gasteiger partial charge in [0.25, 0.3) is 0 Å². The average molecular weight is 299 g/mol. The lowest BCUT2D eigenvalue weighted by Crippen LogP contribution is -2.46. The van der Waals surface area contributed by atoms with Gasteiger partial charge in [0.2, 0.25) is 5.60 Å². The zero-order chi connectivity index (χ0) is 12.8. The Morgan fingerprint density at radius 1 is 1.53 bits per heavy atom. The summed E-state index contributed by atoms with van der Waals surface area (Å²) >= 11 is 3.28. The van der Waals surface area contributed by atoms with E-state index in [1.54, 1.807) is 6.07 Å². The average Bonchev–Trinajstić information content (AvgIpc) is 2.22. The number of rotatable bonds is 1. The van der Waals surface area contributed by atoms with Crippen LogP contribution in [0, 0.1) is 6.92 Å². The maximum atomic E-state index is 11.9. The Morgan fingerprint density at radius 2 is 2.18 bits per heavy atom. The van der Waals surface area contributed by atoms with Crippen molar-refractivity contribution in [2.24, 2.45) is 0 Å². The number of hydrogen-bond acceptors (Lipinski definition) is 3. The predicted molar refractivity (Wildman–Crippen MR) is 64.0 cm³/mol. The molecule has 1 N–H and O–H groups in total. The number of esters is 1. The minimum Gasteiger partial charge on any atom is -0.478 e. The fourth-order valence-corrected chi connectivity index (χ4v) is 2.45. The van der Waals surface area contributed by atoms with E-state index in [1.165, 1.54) is 6.92 Å². The number of carboxylic acid groups (broad SMARTS) is 1. The Kier molecular flexibility index (Phi) is 2.73. The summed E-state index contributed by atoms with van der Waals surface area (Å²) in [5, 5.41) is 9.11. The van der Waals surface area contributed by atoms with Gasteiger partial charge in [-0.2, -0.15) is 0 Å². The molecule has 0 spiro atoms. The number of carbonyl (C=O) groups excluding carboxylic acids is 1.